The fourth-order valence-electron chi connectivity index (χ4n) is 6.72. The lowest BCUT2D eigenvalue weighted by Crippen LogP contribution is -2.48. The molecule has 0 aliphatic carbocycles. The number of nitrogens with one attached hydrogen (secondary N) is 2. The number of imidazole rings is 1. The number of H-pyrrole nitrogens is 1. The molecule has 4 N–H and O–H groups in total. The third kappa shape index (κ3) is 8.65. The molecule has 308 valence electrons. The van der Waals surface area contributed by atoms with Gasteiger partial charge in [0.1, 0.15) is 35.8 Å². The van der Waals surface area contributed by atoms with Crippen LogP contribution in [0.4, 0.5) is 10.2 Å². The Morgan fingerprint density at radius 1 is 1.21 bits per heavy atom. The van der Waals surface area contributed by atoms with Crippen molar-refractivity contribution < 1.29 is 56.1 Å². The van der Waals surface area contributed by atoms with E-state index in [1.807, 2.05) is 6.07 Å². The predicted octanol–water partition coefficient (Wildman–Crippen LogP) is 2.86. The second kappa shape index (κ2) is 17.8. The zero-order valence-corrected chi connectivity index (χ0v) is 33.1. The van der Waals surface area contributed by atoms with E-state index in [1.54, 1.807) is 30.3 Å². The second-order valence-electron chi connectivity index (χ2n) is 13.0. The monoisotopic (exact) mass is 863 g/mol. The van der Waals surface area contributed by atoms with Gasteiger partial charge in [-0.15, -0.1) is 0 Å². The van der Waals surface area contributed by atoms with Crippen LogP contribution in [-0.4, -0.2) is 107 Å². The number of halogens is 1. The van der Waals surface area contributed by atoms with Crippen LogP contribution in [0.15, 0.2) is 60.3 Å². The van der Waals surface area contributed by atoms with Gasteiger partial charge >= 0.3 is 15.0 Å². The van der Waals surface area contributed by atoms with Gasteiger partial charge in [0.2, 0.25) is 0 Å². The van der Waals surface area contributed by atoms with Crippen LogP contribution in [0.25, 0.3) is 22.2 Å². The smallest absolute Gasteiger partial charge is 0.327 e. The fourth-order valence-corrected chi connectivity index (χ4v) is 9.40. The van der Waals surface area contributed by atoms with Crippen LogP contribution in [0.1, 0.15) is 42.1 Å². The minimum Gasteiger partial charge on any atom is -0.393 e. The van der Waals surface area contributed by atoms with E-state index < -0.39 is 81.8 Å². The highest BCUT2D eigenvalue weighted by Gasteiger charge is 2.53. The Labute approximate surface area is 333 Å². The molecular weight excluding hydrogens is 827 g/mol. The Morgan fingerprint density at radius 3 is 2.76 bits per heavy atom. The number of aliphatic hydroxyl groups is 1. The highest BCUT2D eigenvalue weighted by molar-refractivity contribution is 8.07. The van der Waals surface area contributed by atoms with Gasteiger partial charge in [0.05, 0.1) is 57.7 Å². The maximum atomic E-state index is 15.1. The maximum Gasteiger partial charge on any atom is 0.327 e. The Bertz CT molecular complexity index is 2450. The van der Waals surface area contributed by atoms with Crippen molar-refractivity contribution in [3.8, 4) is 6.07 Å². The second-order valence-corrected chi connectivity index (χ2v) is 16.8. The van der Waals surface area contributed by atoms with Crippen molar-refractivity contribution in [1.82, 2.24) is 34.1 Å². The highest BCUT2D eigenvalue weighted by Crippen LogP contribution is 2.56. The van der Waals surface area contributed by atoms with E-state index in [-0.39, 0.29) is 60.5 Å². The SMILES string of the molecule is COC[C@@H]1C[C@@H](OP(=S)(OCCC#N)OC[C@@]2(CO)O[C@@H](n3cnc4c(NC(=O)c5ccccc5)ncnc43)CC2O[PH](=O)O)[C@H](n2cc(F)c3c(=O)[nH]cnc32)O1. The van der Waals surface area contributed by atoms with E-state index in [0.717, 1.165) is 12.5 Å². The number of anilines is 1. The zero-order valence-electron chi connectivity index (χ0n) is 30.4. The minimum absolute atomic E-state index is 0.0376. The third-order valence-corrected chi connectivity index (χ3v) is 12.2. The molecule has 8 atom stereocenters. The van der Waals surface area contributed by atoms with Gasteiger partial charge in [0.25, 0.3) is 11.5 Å². The molecule has 2 saturated heterocycles. The van der Waals surface area contributed by atoms with Gasteiger partial charge in [-0.3, -0.25) is 18.7 Å². The molecule has 0 bridgehead atoms. The molecule has 4 aromatic heterocycles. The number of nitriles is 1. The van der Waals surface area contributed by atoms with Gasteiger partial charge in [0, 0.05) is 31.7 Å². The molecule has 0 radical (unpaired) electrons. The molecule has 6 heterocycles. The van der Waals surface area contributed by atoms with Gasteiger partial charge in [-0.2, -0.15) is 5.26 Å². The molecule has 2 aliphatic heterocycles. The van der Waals surface area contributed by atoms with E-state index >= 15 is 4.39 Å². The summed E-state index contributed by atoms with van der Waals surface area (Å²) >= 11 is 5.84. The fraction of sp³-hybridized carbons (Fsp3) is 0.424. The van der Waals surface area contributed by atoms with Gasteiger partial charge in [-0.1, -0.05) is 18.2 Å². The number of carbonyl (C=O) groups excluding carboxylic acids is 1. The van der Waals surface area contributed by atoms with Crippen LogP contribution in [0.5, 0.6) is 0 Å². The first-order chi connectivity index (χ1) is 28.0. The van der Waals surface area contributed by atoms with Crippen molar-refractivity contribution >= 4 is 60.7 Å². The van der Waals surface area contributed by atoms with Gasteiger partial charge < -0.3 is 57.2 Å². The number of benzene rings is 1. The zero-order chi connectivity index (χ0) is 41.0. The molecular formula is C33H36FN9O12P2S. The summed E-state index contributed by atoms with van der Waals surface area (Å²) in [6, 6.07) is 10.4. The van der Waals surface area contributed by atoms with E-state index in [0.29, 0.717) is 5.56 Å². The van der Waals surface area contributed by atoms with Gasteiger partial charge in [-0.25, -0.2) is 24.3 Å². The largest absolute Gasteiger partial charge is 0.393 e. The van der Waals surface area contributed by atoms with Crippen molar-refractivity contribution in [2.24, 2.45) is 0 Å². The van der Waals surface area contributed by atoms with Crippen LogP contribution >= 0.6 is 15.0 Å². The maximum absolute atomic E-state index is 15.1. The van der Waals surface area contributed by atoms with E-state index in [1.165, 1.54) is 28.9 Å². The summed E-state index contributed by atoms with van der Waals surface area (Å²) in [4.78, 5) is 54.6. The topological polar surface area (TPSA) is 269 Å². The number of aliphatic hydroxyl groups excluding tert-OH is 1. The summed E-state index contributed by atoms with van der Waals surface area (Å²) < 4.78 is 71.6. The van der Waals surface area contributed by atoms with E-state index in [2.05, 4.69) is 30.2 Å². The van der Waals surface area contributed by atoms with Crippen LogP contribution in [-0.2, 0) is 48.7 Å². The van der Waals surface area contributed by atoms with Crippen LogP contribution in [0.3, 0.4) is 0 Å². The standard InChI is InChI=1S/C33H36FN9O12P2S/c1-49-13-20-10-22(32(52-20)42-12-21(34)25-28(42)37-17-39-31(25)46)55-57(58,50-9-5-8-35)51-15-33(14-44)23(54-56(47)48)11-24(53-33)43-18-40-26-27(36-16-38-29(26)43)41-30(45)19-6-3-2-4-7-19/h2-4,6-7,12,16-18,20,22-24,32,44,56H,5,9-11,13-15H2,1H3,(H,47,48)(H,37,39,46)(H,36,38,41,45)/t20-,22+,23?,24+,32+,33+,57?/m0/s1. The Morgan fingerprint density at radius 2 is 2.02 bits per heavy atom. The number of aromatic amines is 1. The number of hydrogen-bond donors (Lipinski definition) is 4. The molecule has 1 aromatic carbocycles. The molecule has 3 unspecified atom stereocenters. The van der Waals surface area contributed by atoms with E-state index in [4.69, 9.17) is 44.1 Å². The first-order valence-electron chi connectivity index (χ1n) is 17.5. The molecule has 2 aliphatic rings. The number of nitrogens with zero attached hydrogens (tertiary/aromatic N) is 7. The number of aromatic nitrogens is 7. The Hall–Kier alpha value is -4.40. The summed E-state index contributed by atoms with van der Waals surface area (Å²) in [5.41, 5.74) is -1.83. The Kier molecular flexibility index (Phi) is 12.8. The number of carbonyl (C=O) groups is 1. The molecule has 2 fully saturated rings. The average Bonchev–Trinajstić information content (AvgIpc) is 3.98. The highest BCUT2D eigenvalue weighted by atomic mass is 32.5. The average molecular weight is 864 g/mol. The molecule has 25 heteroatoms. The number of rotatable bonds is 17. The quantitative estimate of drug-likeness (QED) is 0.0773. The number of fused-ring (bicyclic) bond motifs is 2. The molecule has 0 spiro atoms. The van der Waals surface area contributed by atoms with Crippen LogP contribution in [0.2, 0.25) is 0 Å². The van der Waals surface area contributed by atoms with Crippen molar-refractivity contribution in [3.63, 3.8) is 0 Å². The molecule has 7 rings (SSSR count). The van der Waals surface area contributed by atoms with Gasteiger partial charge in [-0.05, 0) is 23.9 Å². The molecule has 0 saturated carbocycles. The van der Waals surface area contributed by atoms with Crippen molar-refractivity contribution in [2.45, 2.75) is 55.6 Å². The molecule has 21 nitrogen and oxygen atoms in total. The lowest BCUT2D eigenvalue weighted by atomic mass is 9.99. The molecule has 5 aromatic rings. The number of amides is 1. The first kappa shape index (κ1) is 41.7. The van der Waals surface area contributed by atoms with Gasteiger partial charge in [0.15, 0.2) is 34.7 Å². The summed E-state index contributed by atoms with van der Waals surface area (Å²) in [5, 5.41) is 22.6. The number of hydrogen-bond acceptors (Lipinski definition) is 17. The summed E-state index contributed by atoms with van der Waals surface area (Å²) in [7, 11) is -2.18. The molecule has 58 heavy (non-hydrogen) atoms. The van der Waals surface area contributed by atoms with Crippen LogP contribution < -0.4 is 10.9 Å². The summed E-state index contributed by atoms with van der Waals surface area (Å²) in [6.45, 7) is -5.58. The Balaban J connectivity index is 1.16. The van der Waals surface area contributed by atoms with Crippen molar-refractivity contribution in [1.29, 1.82) is 5.26 Å². The molecule has 1 amide bonds. The predicted molar refractivity (Wildman–Crippen MR) is 202 cm³/mol. The van der Waals surface area contributed by atoms with Crippen molar-refractivity contribution in [2.75, 3.05) is 38.9 Å². The number of methoxy groups -OCH3 is 1. The third-order valence-electron chi connectivity index (χ3n) is 9.36. The lowest BCUT2D eigenvalue weighted by Gasteiger charge is -2.34. The summed E-state index contributed by atoms with van der Waals surface area (Å²) in [5.74, 6) is -1.20. The number of ether oxygens (including phenoxy) is 3. The minimum atomic E-state index is -3.99. The van der Waals surface area contributed by atoms with E-state index in [9.17, 15) is 29.4 Å². The first-order valence-corrected chi connectivity index (χ1v) is 21.3. The van der Waals surface area contributed by atoms with Crippen LogP contribution in [0, 0.1) is 17.1 Å². The summed E-state index contributed by atoms with van der Waals surface area (Å²) in [6.07, 6.45) is -0.472. The lowest BCUT2D eigenvalue weighted by molar-refractivity contribution is -0.143. The van der Waals surface area contributed by atoms with Crippen molar-refractivity contribution in [3.05, 3.63) is 77.2 Å². The normalized spacial score (nSPS) is 24.8.